The molecule has 0 saturated heterocycles. The fourth-order valence-electron chi connectivity index (χ4n) is 5.03. The zero-order valence-electron chi connectivity index (χ0n) is 21.9. The van der Waals surface area contributed by atoms with Crippen LogP contribution >= 0.6 is 0 Å². The van der Waals surface area contributed by atoms with Gasteiger partial charge in [0, 0.05) is 34.8 Å². The Hall–Kier alpha value is -4.82. The van der Waals surface area contributed by atoms with Crippen LogP contribution in [0.1, 0.15) is 38.9 Å². The molecule has 5 rings (SSSR count). The maximum atomic E-state index is 14.1. The molecule has 7 nitrogen and oxygen atoms in total. The van der Waals surface area contributed by atoms with E-state index >= 15 is 0 Å². The second kappa shape index (κ2) is 10.5. The Morgan fingerprint density at radius 1 is 1.05 bits per heavy atom. The van der Waals surface area contributed by atoms with Gasteiger partial charge in [-0.15, -0.1) is 0 Å². The summed E-state index contributed by atoms with van der Waals surface area (Å²) in [7, 11) is 0. The number of nitrogen functional groups attached to an aromatic ring is 1. The number of nitrogens with one attached hydrogen (secondary N) is 2. The van der Waals surface area contributed by atoms with E-state index in [0.717, 1.165) is 39.3 Å². The van der Waals surface area contributed by atoms with Crippen LogP contribution in [-0.2, 0) is 6.54 Å². The van der Waals surface area contributed by atoms with Crippen molar-refractivity contribution in [2.45, 2.75) is 20.4 Å². The molecule has 6 N–H and O–H groups in total. The summed E-state index contributed by atoms with van der Waals surface area (Å²) >= 11 is 0. The molecule has 8 heteroatoms. The van der Waals surface area contributed by atoms with E-state index in [0.29, 0.717) is 23.5 Å². The topological polar surface area (TPSA) is 117 Å². The van der Waals surface area contributed by atoms with Crippen molar-refractivity contribution in [2.75, 3.05) is 22.5 Å². The highest BCUT2D eigenvalue weighted by Gasteiger charge is 2.26. The maximum absolute atomic E-state index is 14.1. The van der Waals surface area contributed by atoms with Gasteiger partial charge in [0.05, 0.1) is 17.8 Å². The third kappa shape index (κ3) is 4.78. The summed E-state index contributed by atoms with van der Waals surface area (Å²) in [5, 5.41) is 12.3. The minimum atomic E-state index is -0.467. The summed E-state index contributed by atoms with van der Waals surface area (Å²) in [6, 6.07) is 18.5. The zero-order valence-corrected chi connectivity index (χ0v) is 21.9. The quantitative estimate of drug-likeness (QED) is 0.235. The Labute approximate surface area is 227 Å². The number of rotatable bonds is 7. The molecule has 1 aliphatic rings. The number of aromatic nitrogens is 2. The summed E-state index contributed by atoms with van der Waals surface area (Å²) < 4.78 is 14.1. The minimum Gasteiger partial charge on any atom is -0.383 e. The maximum Gasteiger partial charge on any atom is 0.141 e. The van der Waals surface area contributed by atoms with Gasteiger partial charge in [-0.3, -0.25) is 5.41 Å². The predicted molar refractivity (Wildman–Crippen MR) is 157 cm³/mol. The van der Waals surface area contributed by atoms with Gasteiger partial charge < -0.3 is 21.7 Å². The number of para-hydroxylation sites is 1. The first-order valence-corrected chi connectivity index (χ1v) is 12.6. The first kappa shape index (κ1) is 25.8. The zero-order chi connectivity index (χ0) is 27.7. The molecule has 0 bridgehead atoms. The van der Waals surface area contributed by atoms with Crippen molar-refractivity contribution in [1.29, 1.82) is 5.41 Å². The van der Waals surface area contributed by atoms with Gasteiger partial charge >= 0.3 is 0 Å². The largest absolute Gasteiger partial charge is 0.383 e. The van der Waals surface area contributed by atoms with Crippen LogP contribution in [0.4, 0.5) is 21.7 Å². The standard InChI is InChI=1S/C31H30FN7/c1-18-7-4-5-10-26(18)39-20(3)27-19(2)8-6-9-21(27)13-24(39)16-36-31-28(30(35)37-17-38-31)29(34)25-14-23(32)12-11-22(25)15-33/h4-14,17,34H,3,15-16,33H2,1-2H3,(H3,35,36,37,38). The van der Waals surface area contributed by atoms with Crippen molar-refractivity contribution >= 4 is 34.8 Å². The van der Waals surface area contributed by atoms with Crippen molar-refractivity contribution < 1.29 is 4.39 Å². The second-order valence-corrected chi connectivity index (χ2v) is 9.46. The summed E-state index contributed by atoms with van der Waals surface area (Å²) in [5.74, 6) is 0.0140. The third-order valence-electron chi connectivity index (χ3n) is 6.95. The molecule has 0 radical (unpaired) electrons. The average Bonchev–Trinajstić information content (AvgIpc) is 2.92. The van der Waals surface area contributed by atoms with Crippen LogP contribution in [0.25, 0.3) is 11.8 Å². The lowest BCUT2D eigenvalue weighted by Gasteiger charge is -2.36. The fraction of sp³-hybridized carbons (Fsp3) is 0.129. The number of halogens is 1. The smallest absolute Gasteiger partial charge is 0.141 e. The van der Waals surface area contributed by atoms with Crippen LogP contribution in [-0.4, -0.2) is 22.2 Å². The Morgan fingerprint density at radius 2 is 1.82 bits per heavy atom. The SMILES string of the molecule is C=C1c2c(C)cccc2C=C(CNc2ncnc(N)c2C(=N)c2cc(F)ccc2CN)N1c1ccccc1C. The normalized spacial score (nSPS) is 12.7. The lowest BCUT2D eigenvalue weighted by molar-refractivity contribution is 0.626. The van der Waals surface area contributed by atoms with Crippen LogP contribution < -0.4 is 21.7 Å². The summed E-state index contributed by atoms with van der Waals surface area (Å²) in [4.78, 5) is 10.7. The van der Waals surface area contributed by atoms with Gasteiger partial charge in [0.25, 0.3) is 0 Å². The van der Waals surface area contributed by atoms with Crippen LogP contribution in [0, 0.1) is 25.1 Å². The molecule has 0 unspecified atom stereocenters. The Morgan fingerprint density at radius 3 is 2.59 bits per heavy atom. The Kier molecular flexibility index (Phi) is 6.96. The first-order chi connectivity index (χ1) is 18.8. The van der Waals surface area contributed by atoms with E-state index < -0.39 is 5.82 Å². The molecule has 0 saturated carbocycles. The van der Waals surface area contributed by atoms with E-state index in [2.05, 4.69) is 71.0 Å². The number of aryl methyl sites for hydroxylation is 2. The number of nitrogens with zero attached hydrogens (tertiary/aromatic N) is 3. The molecule has 0 aliphatic carbocycles. The van der Waals surface area contributed by atoms with E-state index in [1.165, 1.54) is 18.5 Å². The van der Waals surface area contributed by atoms with E-state index in [4.69, 9.17) is 16.9 Å². The molecule has 0 atom stereocenters. The fourth-order valence-corrected chi connectivity index (χ4v) is 5.03. The van der Waals surface area contributed by atoms with Crippen LogP contribution in [0.5, 0.6) is 0 Å². The molecule has 0 fully saturated rings. The molecule has 1 aliphatic heterocycles. The first-order valence-electron chi connectivity index (χ1n) is 12.6. The van der Waals surface area contributed by atoms with E-state index in [9.17, 15) is 4.39 Å². The van der Waals surface area contributed by atoms with E-state index in [1.807, 2.05) is 18.2 Å². The lowest BCUT2D eigenvalue weighted by atomic mass is 9.93. The molecule has 0 amide bonds. The van der Waals surface area contributed by atoms with E-state index in [-0.39, 0.29) is 23.6 Å². The second-order valence-electron chi connectivity index (χ2n) is 9.46. The molecule has 0 spiro atoms. The van der Waals surface area contributed by atoms with Crippen LogP contribution in [0.2, 0.25) is 0 Å². The molecule has 3 aromatic carbocycles. The van der Waals surface area contributed by atoms with Crippen LogP contribution in [0.3, 0.4) is 0 Å². The number of hydrogen-bond acceptors (Lipinski definition) is 7. The highest BCUT2D eigenvalue weighted by Crippen LogP contribution is 2.39. The molecule has 39 heavy (non-hydrogen) atoms. The van der Waals surface area contributed by atoms with Gasteiger partial charge in [-0.1, -0.05) is 49.0 Å². The molecular formula is C31H30FN7. The van der Waals surface area contributed by atoms with Gasteiger partial charge in [-0.25, -0.2) is 14.4 Å². The van der Waals surface area contributed by atoms with Crippen LogP contribution in [0.15, 0.2) is 79.3 Å². The van der Waals surface area contributed by atoms with Gasteiger partial charge in [0.2, 0.25) is 0 Å². The molecule has 1 aromatic heterocycles. The van der Waals surface area contributed by atoms with Crippen molar-refractivity contribution in [3.8, 4) is 0 Å². The van der Waals surface area contributed by atoms with Gasteiger partial charge in [0.15, 0.2) is 0 Å². The Bertz CT molecular complexity index is 1640. The molecule has 4 aromatic rings. The van der Waals surface area contributed by atoms with Gasteiger partial charge in [0.1, 0.15) is 23.8 Å². The number of fused-ring (bicyclic) bond motifs is 1. The summed E-state index contributed by atoms with van der Waals surface area (Å²) in [6.07, 6.45) is 3.47. The summed E-state index contributed by atoms with van der Waals surface area (Å²) in [6.45, 7) is 9.13. The highest BCUT2D eigenvalue weighted by atomic mass is 19.1. The molecule has 196 valence electrons. The minimum absolute atomic E-state index is 0.00526. The van der Waals surface area contributed by atoms with Gasteiger partial charge in [-0.2, -0.15) is 0 Å². The number of benzene rings is 3. The number of anilines is 3. The summed E-state index contributed by atoms with van der Waals surface area (Å²) in [5.41, 5.74) is 20.6. The molecular weight excluding hydrogens is 489 g/mol. The third-order valence-corrected chi connectivity index (χ3v) is 6.95. The van der Waals surface area contributed by atoms with Gasteiger partial charge in [-0.05, 0) is 60.4 Å². The average molecular weight is 520 g/mol. The lowest BCUT2D eigenvalue weighted by Crippen LogP contribution is -2.29. The Balaban J connectivity index is 1.56. The van der Waals surface area contributed by atoms with E-state index in [1.54, 1.807) is 6.07 Å². The van der Waals surface area contributed by atoms with Crippen molar-refractivity contribution in [3.63, 3.8) is 0 Å². The monoisotopic (exact) mass is 519 g/mol. The van der Waals surface area contributed by atoms with Crippen molar-refractivity contribution in [3.05, 3.63) is 124 Å². The number of hydrogen-bond donors (Lipinski definition) is 4. The van der Waals surface area contributed by atoms with Crippen molar-refractivity contribution in [1.82, 2.24) is 9.97 Å². The van der Waals surface area contributed by atoms with Crippen molar-refractivity contribution in [2.24, 2.45) is 5.73 Å². The number of nitrogens with two attached hydrogens (primary N) is 2. The predicted octanol–water partition coefficient (Wildman–Crippen LogP) is 5.63. The highest BCUT2D eigenvalue weighted by molar-refractivity contribution is 6.17. The molecule has 2 heterocycles.